The highest BCUT2D eigenvalue weighted by Crippen LogP contribution is 2.30. The minimum atomic E-state index is -0.594. The Labute approximate surface area is 106 Å². The Hall–Kier alpha value is -1.49. The third kappa shape index (κ3) is 2.85. The van der Waals surface area contributed by atoms with Gasteiger partial charge in [0, 0.05) is 0 Å². The van der Waals surface area contributed by atoms with E-state index in [4.69, 9.17) is 0 Å². The van der Waals surface area contributed by atoms with E-state index in [0.29, 0.717) is 0 Å². The predicted octanol–water partition coefficient (Wildman–Crippen LogP) is 1.94. The van der Waals surface area contributed by atoms with Crippen LogP contribution in [-0.4, -0.2) is 23.5 Å². The third-order valence-corrected chi connectivity index (χ3v) is 3.36. The number of aromatic nitrogens is 1. The van der Waals surface area contributed by atoms with E-state index in [1.165, 1.54) is 12.1 Å². The quantitative estimate of drug-likeness (QED) is 0.790. The molecule has 0 spiro atoms. The molecule has 1 atom stereocenters. The Bertz CT molecular complexity index is 448. The molecular formula is C13H18FN3O. The molecule has 1 saturated heterocycles. The van der Waals surface area contributed by atoms with E-state index in [-0.39, 0.29) is 23.2 Å². The second-order valence-electron chi connectivity index (χ2n) is 5.31. The molecule has 98 valence electrons. The average Bonchev–Trinajstić information content (AvgIpc) is 2.28. The van der Waals surface area contributed by atoms with Crippen molar-refractivity contribution >= 4 is 11.7 Å². The van der Waals surface area contributed by atoms with Gasteiger partial charge in [0.15, 0.2) is 0 Å². The summed E-state index contributed by atoms with van der Waals surface area (Å²) in [7, 11) is 0. The zero-order chi connectivity index (χ0) is 13.2. The smallest absolute Gasteiger partial charge is 0.243 e. The van der Waals surface area contributed by atoms with Crippen molar-refractivity contribution in [1.29, 1.82) is 0 Å². The van der Waals surface area contributed by atoms with E-state index in [0.717, 1.165) is 19.4 Å². The van der Waals surface area contributed by atoms with E-state index >= 15 is 0 Å². The molecule has 1 aliphatic rings. The number of anilines is 1. The molecule has 1 fully saturated rings. The lowest BCUT2D eigenvalue weighted by Crippen LogP contribution is -2.53. The molecule has 1 aromatic rings. The molecule has 18 heavy (non-hydrogen) atoms. The lowest BCUT2D eigenvalue weighted by Gasteiger charge is -2.38. The van der Waals surface area contributed by atoms with Gasteiger partial charge in [-0.2, -0.15) is 4.39 Å². The van der Waals surface area contributed by atoms with Crippen molar-refractivity contribution in [3.8, 4) is 0 Å². The Kier molecular flexibility index (Phi) is 3.61. The molecule has 0 aliphatic carbocycles. The van der Waals surface area contributed by atoms with Gasteiger partial charge in [-0.3, -0.25) is 4.79 Å². The maximum absolute atomic E-state index is 12.9. The Balaban J connectivity index is 2.07. The van der Waals surface area contributed by atoms with Crippen LogP contribution in [0.25, 0.3) is 0 Å². The van der Waals surface area contributed by atoms with E-state index in [1.807, 2.05) is 0 Å². The van der Waals surface area contributed by atoms with Crippen LogP contribution in [0, 0.1) is 11.4 Å². The zero-order valence-corrected chi connectivity index (χ0v) is 10.7. The van der Waals surface area contributed by atoms with Crippen LogP contribution in [0.3, 0.4) is 0 Å². The number of hydrogen-bond donors (Lipinski definition) is 2. The molecule has 1 unspecified atom stereocenters. The molecular weight excluding hydrogens is 233 g/mol. The summed E-state index contributed by atoms with van der Waals surface area (Å²) in [6, 6.07) is 4.09. The Morgan fingerprint density at radius 1 is 1.56 bits per heavy atom. The van der Waals surface area contributed by atoms with Crippen molar-refractivity contribution < 1.29 is 9.18 Å². The maximum atomic E-state index is 12.9. The number of nitrogens with zero attached hydrogens (tertiary/aromatic N) is 1. The summed E-state index contributed by atoms with van der Waals surface area (Å²) >= 11 is 0. The topological polar surface area (TPSA) is 54.0 Å². The first kappa shape index (κ1) is 13.0. The summed E-state index contributed by atoms with van der Waals surface area (Å²) in [5.74, 6) is -0.496. The van der Waals surface area contributed by atoms with Crippen LogP contribution in [0.4, 0.5) is 10.2 Å². The lowest BCUT2D eigenvalue weighted by atomic mass is 9.77. The molecule has 1 aromatic heterocycles. The lowest BCUT2D eigenvalue weighted by molar-refractivity contribution is -0.121. The summed E-state index contributed by atoms with van der Waals surface area (Å²) in [6.07, 6.45) is 2.06. The normalized spacial score (nSPS) is 22.5. The van der Waals surface area contributed by atoms with Gasteiger partial charge in [-0.1, -0.05) is 19.9 Å². The number of hydrogen-bond acceptors (Lipinski definition) is 3. The van der Waals surface area contributed by atoms with Gasteiger partial charge in [-0.25, -0.2) is 4.98 Å². The molecule has 0 aromatic carbocycles. The third-order valence-electron chi connectivity index (χ3n) is 3.36. The summed E-state index contributed by atoms with van der Waals surface area (Å²) < 4.78 is 12.9. The number of rotatable bonds is 2. The Morgan fingerprint density at radius 2 is 2.33 bits per heavy atom. The SMILES string of the molecule is CC1(C)CCCNC1C(=O)Nc1cccc(F)n1. The molecule has 0 saturated carbocycles. The summed E-state index contributed by atoms with van der Waals surface area (Å²) in [4.78, 5) is 15.8. The van der Waals surface area contributed by atoms with E-state index in [1.54, 1.807) is 6.07 Å². The molecule has 1 amide bonds. The van der Waals surface area contributed by atoms with Gasteiger partial charge >= 0.3 is 0 Å². The number of pyridine rings is 1. The highest BCUT2D eigenvalue weighted by atomic mass is 19.1. The fraction of sp³-hybridized carbons (Fsp3) is 0.538. The molecule has 0 radical (unpaired) electrons. The summed E-state index contributed by atoms with van der Waals surface area (Å²) in [6.45, 7) is 4.95. The number of carbonyl (C=O) groups excluding carboxylic acids is 1. The standard InChI is InChI=1S/C13H18FN3O/c1-13(2)7-4-8-15-11(13)12(18)17-10-6-3-5-9(14)16-10/h3,5-6,11,15H,4,7-8H2,1-2H3,(H,16,17,18). The zero-order valence-electron chi connectivity index (χ0n) is 10.7. The fourth-order valence-corrected chi connectivity index (χ4v) is 2.33. The van der Waals surface area contributed by atoms with Crippen molar-refractivity contribution in [2.45, 2.75) is 32.7 Å². The monoisotopic (exact) mass is 251 g/mol. The molecule has 5 heteroatoms. The number of piperidine rings is 1. The highest BCUT2D eigenvalue weighted by molar-refractivity contribution is 5.94. The van der Waals surface area contributed by atoms with Crippen molar-refractivity contribution in [2.24, 2.45) is 5.41 Å². The van der Waals surface area contributed by atoms with Gasteiger partial charge in [0.2, 0.25) is 11.9 Å². The van der Waals surface area contributed by atoms with Crippen LogP contribution in [0.1, 0.15) is 26.7 Å². The largest absolute Gasteiger partial charge is 0.309 e. The molecule has 2 heterocycles. The van der Waals surface area contributed by atoms with Crippen LogP contribution < -0.4 is 10.6 Å². The highest BCUT2D eigenvalue weighted by Gasteiger charge is 2.37. The fourth-order valence-electron chi connectivity index (χ4n) is 2.33. The number of carbonyl (C=O) groups is 1. The molecule has 4 nitrogen and oxygen atoms in total. The summed E-state index contributed by atoms with van der Waals surface area (Å²) in [5, 5.41) is 5.87. The average molecular weight is 251 g/mol. The summed E-state index contributed by atoms with van der Waals surface area (Å²) in [5.41, 5.74) is -0.102. The van der Waals surface area contributed by atoms with Crippen molar-refractivity contribution in [2.75, 3.05) is 11.9 Å². The first-order valence-electron chi connectivity index (χ1n) is 6.16. The molecule has 0 bridgehead atoms. The molecule has 2 rings (SSSR count). The van der Waals surface area contributed by atoms with Gasteiger partial charge in [-0.15, -0.1) is 0 Å². The first-order valence-corrected chi connectivity index (χ1v) is 6.16. The first-order chi connectivity index (χ1) is 8.49. The van der Waals surface area contributed by atoms with Crippen molar-refractivity contribution in [3.05, 3.63) is 24.1 Å². The van der Waals surface area contributed by atoms with Crippen LogP contribution in [0.5, 0.6) is 0 Å². The second kappa shape index (κ2) is 5.02. The maximum Gasteiger partial charge on any atom is 0.243 e. The van der Waals surface area contributed by atoms with Gasteiger partial charge in [-0.05, 0) is 36.9 Å². The van der Waals surface area contributed by atoms with Gasteiger partial charge in [0.05, 0.1) is 6.04 Å². The van der Waals surface area contributed by atoms with Crippen molar-refractivity contribution in [1.82, 2.24) is 10.3 Å². The minimum absolute atomic E-state index is 0.102. The van der Waals surface area contributed by atoms with Crippen molar-refractivity contribution in [3.63, 3.8) is 0 Å². The Morgan fingerprint density at radius 3 is 3.00 bits per heavy atom. The number of nitrogens with one attached hydrogen (secondary N) is 2. The van der Waals surface area contributed by atoms with E-state index < -0.39 is 5.95 Å². The van der Waals surface area contributed by atoms with Gasteiger partial charge in [0.1, 0.15) is 5.82 Å². The van der Waals surface area contributed by atoms with Crippen LogP contribution in [0.15, 0.2) is 18.2 Å². The van der Waals surface area contributed by atoms with Gasteiger partial charge in [0.25, 0.3) is 0 Å². The second-order valence-corrected chi connectivity index (χ2v) is 5.31. The van der Waals surface area contributed by atoms with E-state index in [2.05, 4.69) is 29.5 Å². The van der Waals surface area contributed by atoms with E-state index in [9.17, 15) is 9.18 Å². The molecule has 2 N–H and O–H groups in total. The van der Waals surface area contributed by atoms with Crippen LogP contribution in [0.2, 0.25) is 0 Å². The number of halogens is 1. The number of amides is 1. The minimum Gasteiger partial charge on any atom is -0.309 e. The predicted molar refractivity (Wildman–Crippen MR) is 67.6 cm³/mol. The van der Waals surface area contributed by atoms with Gasteiger partial charge < -0.3 is 10.6 Å². The van der Waals surface area contributed by atoms with Crippen LogP contribution in [-0.2, 0) is 4.79 Å². The van der Waals surface area contributed by atoms with Crippen LogP contribution >= 0.6 is 0 Å². The molecule has 1 aliphatic heterocycles.